The van der Waals surface area contributed by atoms with Gasteiger partial charge in [0, 0.05) is 6.42 Å². The Kier molecular flexibility index (Phi) is 8.75. The van der Waals surface area contributed by atoms with E-state index >= 15 is 0 Å². The molecule has 2 heteroatoms. The molecule has 0 saturated heterocycles. The highest BCUT2D eigenvalue weighted by molar-refractivity contribution is 5.69. The van der Waals surface area contributed by atoms with Crippen LogP contribution in [0.2, 0.25) is 0 Å². The Morgan fingerprint density at radius 3 is 2.29 bits per heavy atom. The number of ether oxygens (including phenoxy) is 1. The van der Waals surface area contributed by atoms with Crippen LogP contribution >= 0.6 is 0 Å². The van der Waals surface area contributed by atoms with Crippen molar-refractivity contribution in [2.24, 2.45) is 5.92 Å². The molecule has 0 spiro atoms. The fourth-order valence-corrected chi connectivity index (χ4v) is 1.14. The minimum absolute atomic E-state index is 0.0903. The van der Waals surface area contributed by atoms with Crippen molar-refractivity contribution >= 4 is 12.0 Å². The number of hydrogen-bond donors (Lipinski definition) is 0. The molecular formula is C15H22O2. The van der Waals surface area contributed by atoms with Gasteiger partial charge in [-0.15, -0.1) is 0 Å². The molecule has 94 valence electrons. The minimum atomic E-state index is -0.0903. The molecule has 0 aliphatic rings. The molecule has 1 aromatic rings. The Morgan fingerprint density at radius 2 is 1.94 bits per heavy atom. The van der Waals surface area contributed by atoms with Crippen LogP contribution in [0.25, 0.3) is 6.08 Å². The second kappa shape index (κ2) is 9.64. The average Bonchev–Trinajstić information content (AvgIpc) is 2.30. The average molecular weight is 234 g/mol. The molecule has 0 saturated carbocycles. The van der Waals surface area contributed by atoms with Crippen LogP contribution in [0.5, 0.6) is 0 Å². The molecule has 0 amide bonds. The lowest BCUT2D eigenvalue weighted by molar-refractivity contribution is -0.143. The van der Waals surface area contributed by atoms with Crippen molar-refractivity contribution in [1.29, 1.82) is 0 Å². The standard InChI is InChI=1S/C8H8.C7H14O2/c1-2-8-6-4-3-5-7-8;1-4-9-7(8)5-6(2)3/h2-7H,1H2;6H,4-5H2,1-3H3. The lowest BCUT2D eigenvalue weighted by atomic mass is 10.1. The first kappa shape index (κ1) is 15.4. The van der Waals surface area contributed by atoms with Gasteiger partial charge in [-0.2, -0.15) is 0 Å². The van der Waals surface area contributed by atoms with Crippen LogP contribution in [-0.2, 0) is 9.53 Å². The molecule has 1 rings (SSSR count). The highest BCUT2D eigenvalue weighted by Gasteiger charge is 2.03. The molecule has 0 aliphatic heterocycles. The van der Waals surface area contributed by atoms with Crippen molar-refractivity contribution in [3.05, 3.63) is 42.5 Å². The Morgan fingerprint density at radius 1 is 1.35 bits per heavy atom. The van der Waals surface area contributed by atoms with E-state index in [1.165, 1.54) is 5.56 Å². The summed E-state index contributed by atoms with van der Waals surface area (Å²) in [5, 5.41) is 0. The quantitative estimate of drug-likeness (QED) is 0.738. The Balaban J connectivity index is 0.000000302. The summed E-state index contributed by atoms with van der Waals surface area (Å²) in [6.45, 7) is 9.93. The molecule has 0 bridgehead atoms. The summed E-state index contributed by atoms with van der Waals surface area (Å²) in [5.41, 5.74) is 1.17. The van der Waals surface area contributed by atoms with Gasteiger partial charge in [-0.05, 0) is 18.4 Å². The van der Waals surface area contributed by atoms with Gasteiger partial charge in [-0.3, -0.25) is 4.79 Å². The molecule has 0 radical (unpaired) electrons. The van der Waals surface area contributed by atoms with Crippen molar-refractivity contribution in [2.45, 2.75) is 27.2 Å². The molecular weight excluding hydrogens is 212 g/mol. The van der Waals surface area contributed by atoms with Gasteiger partial charge >= 0.3 is 5.97 Å². The molecule has 0 aromatic heterocycles. The van der Waals surface area contributed by atoms with Crippen molar-refractivity contribution in [1.82, 2.24) is 0 Å². The maximum absolute atomic E-state index is 10.6. The van der Waals surface area contributed by atoms with E-state index in [0.29, 0.717) is 18.9 Å². The Hall–Kier alpha value is -1.57. The number of rotatable bonds is 4. The maximum atomic E-state index is 10.6. The third-order valence-electron chi connectivity index (χ3n) is 1.92. The Labute approximate surface area is 104 Å². The van der Waals surface area contributed by atoms with Crippen molar-refractivity contribution in [3.63, 3.8) is 0 Å². The van der Waals surface area contributed by atoms with Crippen LogP contribution in [0.15, 0.2) is 36.9 Å². The highest BCUT2D eigenvalue weighted by Crippen LogP contribution is 2.00. The number of esters is 1. The van der Waals surface area contributed by atoms with Gasteiger partial charge in [-0.1, -0.05) is 56.8 Å². The van der Waals surface area contributed by atoms with Crippen molar-refractivity contribution < 1.29 is 9.53 Å². The zero-order valence-electron chi connectivity index (χ0n) is 11.0. The van der Waals surface area contributed by atoms with Crippen LogP contribution in [0.3, 0.4) is 0 Å². The van der Waals surface area contributed by atoms with Crippen LogP contribution in [-0.4, -0.2) is 12.6 Å². The molecule has 2 nitrogen and oxygen atoms in total. The third-order valence-corrected chi connectivity index (χ3v) is 1.92. The Bertz CT molecular complexity index is 315. The van der Waals surface area contributed by atoms with Gasteiger partial charge in [0.25, 0.3) is 0 Å². The summed E-state index contributed by atoms with van der Waals surface area (Å²) >= 11 is 0. The first-order chi connectivity index (χ1) is 8.10. The van der Waals surface area contributed by atoms with Crippen LogP contribution in [0, 0.1) is 5.92 Å². The summed E-state index contributed by atoms with van der Waals surface area (Å²) in [6, 6.07) is 10.0. The van der Waals surface area contributed by atoms with E-state index in [-0.39, 0.29) is 5.97 Å². The van der Waals surface area contributed by atoms with E-state index < -0.39 is 0 Å². The molecule has 0 fully saturated rings. The minimum Gasteiger partial charge on any atom is -0.466 e. The van der Waals surface area contributed by atoms with Crippen LogP contribution < -0.4 is 0 Å². The fraction of sp³-hybridized carbons (Fsp3) is 0.400. The van der Waals surface area contributed by atoms with Gasteiger partial charge in [-0.25, -0.2) is 0 Å². The molecule has 17 heavy (non-hydrogen) atoms. The zero-order valence-corrected chi connectivity index (χ0v) is 11.0. The number of hydrogen-bond acceptors (Lipinski definition) is 2. The van der Waals surface area contributed by atoms with Gasteiger partial charge in [0.2, 0.25) is 0 Å². The SMILES string of the molecule is C=Cc1ccccc1.CCOC(=O)CC(C)C. The van der Waals surface area contributed by atoms with Crippen LogP contribution in [0.4, 0.5) is 0 Å². The van der Waals surface area contributed by atoms with E-state index in [4.69, 9.17) is 4.74 Å². The summed E-state index contributed by atoms with van der Waals surface area (Å²) in [5.74, 6) is 0.316. The molecule has 0 atom stereocenters. The van der Waals surface area contributed by atoms with Crippen molar-refractivity contribution in [3.8, 4) is 0 Å². The number of benzene rings is 1. The summed E-state index contributed by atoms with van der Waals surface area (Å²) in [7, 11) is 0. The van der Waals surface area contributed by atoms with Gasteiger partial charge in [0.05, 0.1) is 6.61 Å². The molecule has 0 aliphatic carbocycles. The predicted molar refractivity (Wildman–Crippen MR) is 72.6 cm³/mol. The van der Waals surface area contributed by atoms with Gasteiger partial charge in [0.1, 0.15) is 0 Å². The summed E-state index contributed by atoms with van der Waals surface area (Å²) in [6.07, 6.45) is 2.37. The molecule has 0 N–H and O–H groups in total. The van der Waals surface area contributed by atoms with E-state index in [1.54, 1.807) is 0 Å². The molecule has 0 unspecified atom stereocenters. The lowest BCUT2D eigenvalue weighted by Crippen LogP contribution is -2.06. The normalized spacial score (nSPS) is 9.18. The van der Waals surface area contributed by atoms with Gasteiger partial charge < -0.3 is 4.74 Å². The highest BCUT2D eigenvalue weighted by atomic mass is 16.5. The maximum Gasteiger partial charge on any atom is 0.306 e. The number of carbonyl (C=O) groups excluding carboxylic acids is 1. The van der Waals surface area contributed by atoms with Gasteiger partial charge in [0.15, 0.2) is 0 Å². The first-order valence-electron chi connectivity index (χ1n) is 5.93. The third kappa shape index (κ3) is 9.36. The first-order valence-corrected chi connectivity index (χ1v) is 5.93. The summed E-state index contributed by atoms with van der Waals surface area (Å²) < 4.78 is 4.71. The smallest absolute Gasteiger partial charge is 0.306 e. The molecule has 1 aromatic carbocycles. The largest absolute Gasteiger partial charge is 0.466 e. The topological polar surface area (TPSA) is 26.3 Å². The van der Waals surface area contributed by atoms with E-state index in [9.17, 15) is 4.79 Å². The van der Waals surface area contributed by atoms with Crippen LogP contribution in [0.1, 0.15) is 32.8 Å². The van der Waals surface area contributed by atoms with E-state index in [1.807, 2.05) is 57.2 Å². The predicted octanol–water partition coefficient (Wildman–Crippen LogP) is 3.93. The zero-order chi connectivity index (χ0) is 13.1. The monoisotopic (exact) mass is 234 g/mol. The fourth-order valence-electron chi connectivity index (χ4n) is 1.14. The lowest BCUT2D eigenvalue weighted by Gasteiger charge is -2.02. The summed E-state index contributed by atoms with van der Waals surface area (Å²) in [4.78, 5) is 10.6. The second-order valence-corrected chi connectivity index (χ2v) is 4.02. The van der Waals surface area contributed by atoms with E-state index in [2.05, 4.69) is 6.58 Å². The molecule has 0 heterocycles. The van der Waals surface area contributed by atoms with E-state index in [0.717, 1.165) is 0 Å². The number of carbonyl (C=O) groups is 1. The van der Waals surface area contributed by atoms with Crippen molar-refractivity contribution in [2.75, 3.05) is 6.61 Å². The second-order valence-electron chi connectivity index (χ2n) is 4.02.